The molecule has 1 amide bonds. The topological polar surface area (TPSA) is 29.1 Å². The summed E-state index contributed by atoms with van der Waals surface area (Å²) in [6, 6.07) is 0.295. The van der Waals surface area contributed by atoms with Gasteiger partial charge in [-0.1, -0.05) is 25.8 Å². The van der Waals surface area contributed by atoms with Crippen LogP contribution in [0, 0.1) is 5.92 Å². The van der Waals surface area contributed by atoms with Crippen LogP contribution < -0.4 is 5.32 Å². The number of carbonyl (C=O) groups is 1. The van der Waals surface area contributed by atoms with Gasteiger partial charge in [0.15, 0.2) is 0 Å². The van der Waals surface area contributed by atoms with E-state index in [0.29, 0.717) is 12.0 Å². The van der Waals surface area contributed by atoms with Gasteiger partial charge >= 0.3 is 0 Å². The zero-order valence-corrected chi connectivity index (χ0v) is 8.05. The molecule has 2 atom stereocenters. The largest absolute Gasteiger partial charge is 0.350 e. The Kier molecular flexibility index (Phi) is 2.90. The molecule has 1 rings (SSSR count). The first-order chi connectivity index (χ1) is 5.65. The molecular formula is C10H17NO. The molecule has 68 valence electrons. The summed E-state index contributed by atoms with van der Waals surface area (Å²) in [5, 5.41) is 2.90. The van der Waals surface area contributed by atoms with Crippen molar-refractivity contribution in [3.63, 3.8) is 0 Å². The molecule has 0 bridgehead atoms. The minimum Gasteiger partial charge on any atom is -0.350 e. The molecule has 0 spiro atoms. The molecule has 0 aliphatic carbocycles. The molecule has 0 saturated carbocycles. The third kappa shape index (κ3) is 1.87. The van der Waals surface area contributed by atoms with Crippen LogP contribution in [-0.4, -0.2) is 11.9 Å². The molecule has 2 heteroatoms. The maximum Gasteiger partial charge on any atom is 0.244 e. The van der Waals surface area contributed by atoms with Crippen molar-refractivity contribution in [3.8, 4) is 0 Å². The lowest BCUT2D eigenvalue weighted by Crippen LogP contribution is -2.40. The number of nitrogens with one attached hydrogen (secondary N) is 1. The Morgan fingerprint density at radius 1 is 1.50 bits per heavy atom. The molecule has 0 aromatic rings. The predicted octanol–water partition coefficient (Wildman–Crippen LogP) is 1.87. The Hall–Kier alpha value is -0.790. The van der Waals surface area contributed by atoms with Gasteiger partial charge in [0.1, 0.15) is 0 Å². The summed E-state index contributed by atoms with van der Waals surface area (Å²) in [7, 11) is 0. The molecule has 0 saturated heterocycles. The smallest absolute Gasteiger partial charge is 0.244 e. The van der Waals surface area contributed by atoms with Crippen LogP contribution in [0.4, 0.5) is 0 Å². The highest BCUT2D eigenvalue weighted by Crippen LogP contribution is 2.22. The normalized spacial score (nSPS) is 29.6. The van der Waals surface area contributed by atoms with Crippen LogP contribution in [0.3, 0.4) is 0 Å². The standard InChI is InChI=1S/C10H17NO/c1-4-5-9-6-10(12)11-8(3)7(9)2/h6-8H,4-5H2,1-3H3,(H,11,12). The van der Waals surface area contributed by atoms with Gasteiger partial charge in [-0.05, 0) is 19.3 Å². The fourth-order valence-corrected chi connectivity index (χ4v) is 1.60. The fourth-order valence-electron chi connectivity index (χ4n) is 1.60. The molecule has 0 radical (unpaired) electrons. The van der Waals surface area contributed by atoms with E-state index in [9.17, 15) is 4.79 Å². The number of hydrogen-bond acceptors (Lipinski definition) is 1. The number of hydrogen-bond donors (Lipinski definition) is 1. The van der Waals surface area contributed by atoms with Crippen molar-refractivity contribution < 1.29 is 4.79 Å². The quantitative estimate of drug-likeness (QED) is 0.668. The molecule has 1 aliphatic heterocycles. The summed E-state index contributed by atoms with van der Waals surface area (Å²) < 4.78 is 0. The molecule has 0 aromatic heterocycles. The Bertz CT molecular complexity index is 208. The molecule has 1 heterocycles. The number of rotatable bonds is 2. The van der Waals surface area contributed by atoms with E-state index in [1.807, 2.05) is 0 Å². The third-order valence-corrected chi connectivity index (χ3v) is 2.56. The molecule has 1 aliphatic rings. The molecule has 0 fully saturated rings. The van der Waals surface area contributed by atoms with E-state index < -0.39 is 0 Å². The lowest BCUT2D eigenvalue weighted by molar-refractivity contribution is -0.117. The summed E-state index contributed by atoms with van der Waals surface area (Å²) in [6.45, 7) is 6.38. The highest BCUT2D eigenvalue weighted by Gasteiger charge is 2.22. The van der Waals surface area contributed by atoms with E-state index in [0.717, 1.165) is 12.8 Å². The van der Waals surface area contributed by atoms with Crippen molar-refractivity contribution in [2.24, 2.45) is 5.92 Å². The van der Waals surface area contributed by atoms with Gasteiger partial charge in [-0.3, -0.25) is 4.79 Å². The summed E-state index contributed by atoms with van der Waals surface area (Å²) in [4.78, 5) is 11.1. The lowest BCUT2D eigenvalue weighted by atomic mass is 9.88. The van der Waals surface area contributed by atoms with Crippen molar-refractivity contribution in [3.05, 3.63) is 11.6 Å². The first-order valence-corrected chi connectivity index (χ1v) is 4.66. The van der Waals surface area contributed by atoms with Crippen molar-refractivity contribution >= 4 is 5.91 Å². The highest BCUT2D eigenvalue weighted by atomic mass is 16.1. The van der Waals surface area contributed by atoms with Gasteiger partial charge in [-0.2, -0.15) is 0 Å². The van der Waals surface area contributed by atoms with E-state index >= 15 is 0 Å². The fraction of sp³-hybridized carbons (Fsp3) is 0.700. The number of amides is 1. The van der Waals surface area contributed by atoms with Gasteiger partial charge in [0, 0.05) is 12.1 Å². The Labute approximate surface area is 74.0 Å². The molecular weight excluding hydrogens is 150 g/mol. The zero-order chi connectivity index (χ0) is 9.14. The average Bonchev–Trinajstić information content (AvgIpc) is 2.00. The maximum atomic E-state index is 11.1. The van der Waals surface area contributed by atoms with Gasteiger partial charge in [-0.15, -0.1) is 0 Å². The number of carbonyl (C=O) groups excluding carboxylic acids is 1. The monoisotopic (exact) mass is 167 g/mol. The van der Waals surface area contributed by atoms with Crippen molar-refractivity contribution in [2.75, 3.05) is 0 Å². The van der Waals surface area contributed by atoms with Crippen LogP contribution in [0.5, 0.6) is 0 Å². The van der Waals surface area contributed by atoms with Crippen LogP contribution in [0.2, 0.25) is 0 Å². The van der Waals surface area contributed by atoms with Crippen molar-refractivity contribution in [1.29, 1.82) is 0 Å². The van der Waals surface area contributed by atoms with Crippen LogP contribution in [0.25, 0.3) is 0 Å². The Morgan fingerprint density at radius 3 is 2.75 bits per heavy atom. The van der Waals surface area contributed by atoms with E-state index in [-0.39, 0.29) is 5.91 Å². The van der Waals surface area contributed by atoms with Gasteiger partial charge in [0.2, 0.25) is 5.91 Å². The van der Waals surface area contributed by atoms with Crippen LogP contribution >= 0.6 is 0 Å². The molecule has 12 heavy (non-hydrogen) atoms. The predicted molar refractivity (Wildman–Crippen MR) is 49.8 cm³/mol. The summed E-state index contributed by atoms with van der Waals surface area (Å²) in [5.74, 6) is 0.576. The highest BCUT2D eigenvalue weighted by molar-refractivity contribution is 5.89. The molecule has 2 nitrogen and oxygen atoms in total. The third-order valence-electron chi connectivity index (χ3n) is 2.56. The van der Waals surface area contributed by atoms with Crippen LogP contribution in [0.15, 0.2) is 11.6 Å². The van der Waals surface area contributed by atoms with E-state index in [1.165, 1.54) is 5.57 Å². The van der Waals surface area contributed by atoms with Crippen molar-refractivity contribution in [1.82, 2.24) is 5.32 Å². The Balaban J connectivity index is 2.73. The minimum atomic E-state index is 0.0732. The maximum absolute atomic E-state index is 11.1. The minimum absolute atomic E-state index is 0.0732. The Morgan fingerprint density at radius 2 is 2.17 bits per heavy atom. The zero-order valence-electron chi connectivity index (χ0n) is 8.05. The van der Waals surface area contributed by atoms with Gasteiger partial charge in [-0.25, -0.2) is 0 Å². The summed E-state index contributed by atoms with van der Waals surface area (Å²) in [5.41, 5.74) is 1.30. The van der Waals surface area contributed by atoms with Gasteiger partial charge in [0.25, 0.3) is 0 Å². The first-order valence-electron chi connectivity index (χ1n) is 4.66. The van der Waals surface area contributed by atoms with Crippen LogP contribution in [-0.2, 0) is 4.79 Å². The SMILES string of the molecule is CCCC1=CC(=O)NC(C)C1C. The second-order valence-corrected chi connectivity index (χ2v) is 3.56. The van der Waals surface area contributed by atoms with E-state index in [2.05, 4.69) is 26.1 Å². The van der Waals surface area contributed by atoms with Crippen molar-refractivity contribution in [2.45, 2.75) is 39.7 Å². The average molecular weight is 167 g/mol. The summed E-state index contributed by atoms with van der Waals surface area (Å²) >= 11 is 0. The lowest BCUT2D eigenvalue weighted by Gasteiger charge is -2.27. The molecule has 1 N–H and O–H groups in total. The second-order valence-electron chi connectivity index (χ2n) is 3.56. The van der Waals surface area contributed by atoms with Gasteiger partial charge < -0.3 is 5.32 Å². The second kappa shape index (κ2) is 3.74. The van der Waals surface area contributed by atoms with E-state index in [4.69, 9.17) is 0 Å². The van der Waals surface area contributed by atoms with E-state index in [1.54, 1.807) is 6.08 Å². The van der Waals surface area contributed by atoms with Crippen LogP contribution in [0.1, 0.15) is 33.6 Å². The molecule has 0 aromatic carbocycles. The first kappa shape index (κ1) is 9.30. The summed E-state index contributed by atoms with van der Waals surface area (Å²) in [6.07, 6.45) is 3.93. The molecule has 2 unspecified atom stereocenters. The van der Waals surface area contributed by atoms with Gasteiger partial charge in [0.05, 0.1) is 0 Å².